The number of nitrogens with one attached hydrogen (secondary N) is 1. The van der Waals surface area contributed by atoms with Gasteiger partial charge in [0.2, 0.25) is 0 Å². The van der Waals surface area contributed by atoms with Gasteiger partial charge in [0, 0.05) is 11.6 Å². The van der Waals surface area contributed by atoms with Crippen LogP contribution in [0.5, 0.6) is 5.75 Å². The Labute approximate surface area is 171 Å². The molecule has 0 spiro atoms. The lowest BCUT2D eigenvalue weighted by Gasteiger charge is -2.14. The molecule has 3 aromatic rings. The zero-order chi connectivity index (χ0) is 20.9. The third-order valence-corrected chi connectivity index (χ3v) is 5.66. The zero-order valence-corrected chi connectivity index (χ0v) is 17.1. The fraction of sp³-hybridized carbons (Fsp3) is 0.174. The summed E-state index contributed by atoms with van der Waals surface area (Å²) >= 11 is 0. The summed E-state index contributed by atoms with van der Waals surface area (Å²) in [6.07, 6.45) is 0.615. The fourth-order valence-electron chi connectivity index (χ4n) is 2.86. The smallest absolute Gasteiger partial charge is 0.339 e. The molecule has 0 aliphatic rings. The number of rotatable bonds is 7. The molecule has 0 bridgehead atoms. The highest BCUT2D eigenvalue weighted by molar-refractivity contribution is 7.87. The maximum absolute atomic E-state index is 12.4. The van der Waals surface area contributed by atoms with Crippen LogP contribution in [0.1, 0.15) is 28.4 Å². The van der Waals surface area contributed by atoms with E-state index in [1.165, 1.54) is 12.1 Å². The van der Waals surface area contributed by atoms with Crippen molar-refractivity contribution < 1.29 is 17.4 Å². The second-order valence-electron chi connectivity index (χ2n) is 6.94. The first-order chi connectivity index (χ1) is 13.8. The van der Waals surface area contributed by atoms with Crippen molar-refractivity contribution in [3.63, 3.8) is 0 Å². The lowest BCUT2D eigenvalue weighted by atomic mass is 10.1. The Balaban J connectivity index is 1.59. The molecule has 1 unspecified atom stereocenters. The summed E-state index contributed by atoms with van der Waals surface area (Å²) in [5.41, 5.74) is 2.55. The molecule has 1 N–H and O–H groups in total. The van der Waals surface area contributed by atoms with E-state index in [-0.39, 0.29) is 22.6 Å². The molecule has 6 heteroatoms. The van der Waals surface area contributed by atoms with Crippen LogP contribution in [-0.2, 0) is 16.5 Å². The van der Waals surface area contributed by atoms with E-state index in [1.54, 1.807) is 48.5 Å². The van der Waals surface area contributed by atoms with E-state index >= 15 is 0 Å². The number of benzene rings is 3. The topological polar surface area (TPSA) is 72.5 Å². The van der Waals surface area contributed by atoms with Crippen molar-refractivity contribution in [2.75, 3.05) is 0 Å². The van der Waals surface area contributed by atoms with Gasteiger partial charge in [-0.25, -0.2) is 0 Å². The number of amides is 1. The summed E-state index contributed by atoms with van der Waals surface area (Å²) in [6, 6.07) is 22.3. The molecule has 0 saturated heterocycles. The Kier molecular flexibility index (Phi) is 6.34. The maximum atomic E-state index is 12.4. The highest BCUT2D eigenvalue weighted by Crippen LogP contribution is 2.20. The minimum atomic E-state index is -3.87. The Morgan fingerprint density at radius 1 is 0.931 bits per heavy atom. The number of aryl methyl sites for hydroxylation is 1. The van der Waals surface area contributed by atoms with E-state index in [9.17, 15) is 13.2 Å². The predicted octanol–water partition coefficient (Wildman–Crippen LogP) is 4.12. The predicted molar refractivity (Wildman–Crippen MR) is 113 cm³/mol. The SMILES string of the molecule is Cc1ccc(S(=O)(=O)Oc2ccc(CC(C)NC(=O)c3ccccc3)cc2)cc1. The molecule has 150 valence electrons. The van der Waals surface area contributed by atoms with Crippen molar-refractivity contribution in [1.82, 2.24) is 5.32 Å². The van der Waals surface area contributed by atoms with Crippen LogP contribution >= 0.6 is 0 Å². The molecule has 29 heavy (non-hydrogen) atoms. The van der Waals surface area contributed by atoms with Gasteiger partial charge >= 0.3 is 10.1 Å². The third kappa shape index (κ3) is 5.68. The molecular formula is C23H23NO4S. The molecule has 0 radical (unpaired) electrons. The van der Waals surface area contributed by atoms with Gasteiger partial charge < -0.3 is 9.50 Å². The number of hydrogen-bond donors (Lipinski definition) is 1. The molecular weight excluding hydrogens is 386 g/mol. The van der Waals surface area contributed by atoms with Crippen molar-refractivity contribution in [1.29, 1.82) is 0 Å². The van der Waals surface area contributed by atoms with Crippen LogP contribution in [-0.4, -0.2) is 20.4 Å². The van der Waals surface area contributed by atoms with Gasteiger partial charge in [-0.15, -0.1) is 0 Å². The second-order valence-corrected chi connectivity index (χ2v) is 8.49. The molecule has 5 nitrogen and oxygen atoms in total. The number of carbonyl (C=O) groups is 1. The van der Waals surface area contributed by atoms with Crippen molar-refractivity contribution in [2.24, 2.45) is 0 Å². The van der Waals surface area contributed by atoms with E-state index < -0.39 is 10.1 Å². The van der Waals surface area contributed by atoms with Crippen LogP contribution < -0.4 is 9.50 Å². The molecule has 0 fully saturated rings. The van der Waals surface area contributed by atoms with Crippen LogP contribution in [0.2, 0.25) is 0 Å². The van der Waals surface area contributed by atoms with E-state index in [0.717, 1.165) is 11.1 Å². The van der Waals surface area contributed by atoms with Gasteiger partial charge in [0.1, 0.15) is 10.6 Å². The van der Waals surface area contributed by atoms with E-state index in [2.05, 4.69) is 5.32 Å². The quantitative estimate of drug-likeness (QED) is 0.596. The normalized spacial score (nSPS) is 12.2. The maximum Gasteiger partial charge on any atom is 0.339 e. The highest BCUT2D eigenvalue weighted by atomic mass is 32.2. The molecule has 0 aliphatic heterocycles. The molecule has 0 aromatic heterocycles. The Bertz CT molecular complexity index is 1060. The molecule has 1 atom stereocenters. The van der Waals surface area contributed by atoms with E-state index in [1.807, 2.05) is 32.0 Å². The van der Waals surface area contributed by atoms with Crippen molar-refractivity contribution >= 4 is 16.0 Å². The minimum Gasteiger partial charge on any atom is -0.379 e. The minimum absolute atomic E-state index is 0.0780. The summed E-state index contributed by atoms with van der Waals surface area (Å²) in [5, 5.41) is 2.96. The monoisotopic (exact) mass is 409 g/mol. The lowest BCUT2D eigenvalue weighted by molar-refractivity contribution is 0.0940. The molecule has 3 aromatic carbocycles. The Morgan fingerprint density at radius 3 is 2.17 bits per heavy atom. The summed E-state index contributed by atoms with van der Waals surface area (Å²) in [4.78, 5) is 12.3. The average Bonchev–Trinajstić information content (AvgIpc) is 2.70. The Morgan fingerprint density at radius 2 is 1.55 bits per heavy atom. The van der Waals surface area contributed by atoms with Gasteiger partial charge in [-0.1, -0.05) is 48.0 Å². The number of hydrogen-bond acceptors (Lipinski definition) is 4. The van der Waals surface area contributed by atoms with E-state index in [0.29, 0.717) is 12.0 Å². The van der Waals surface area contributed by atoms with Gasteiger partial charge in [0.25, 0.3) is 5.91 Å². The van der Waals surface area contributed by atoms with Crippen LogP contribution in [0.25, 0.3) is 0 Å². The molecule has 0 saturated carbocycles. The standard InChI is InChI=1S/C23H23NO4S/c1-17-8-14-22(15-9-17)29(26,27)28-21-12-10-19(11-13-21)16-18(2)24-23(25)20-6-4-3-5-7-20/h3-15,18H,16H2,1-2H3,(H,24,25). The van der Waals surface area contributed by atoms with Gasteiger partial charge in [0.15, 0.2) is 0 Å². The second kappa shape index (κ2) is 8.92. The first-order valence-corrected chi connectivity index (χ1v) is 10.7. The summed E-state index contributed by atoms with van der Waals surface area (Å²) in [5.74, 6) is 0.123. The van der Waals surface area contributed by atoms with Gasteiger partial charge in [-0.3, -0.25) is 4.79 Å². The molecule has 0 heterocycles. The van der Waals surface area contributed by atoms with E-state index in [4.69, 9.17) is 4.18 Å². The highest BCUT2D eigenvalue weighted by Gasteiger charge is 2.16. The lowest BCUT2D eigenvalue weighted by Crippen LogP contribution is -2.34. The van der Waals surface area contributed by atoms with Crippen molar-refractivity contribution in [2.45, 2.75) is 31.2 Å². The van der Waals surface area contributed by atoms with Crippen LogP contribution in [0.3, 0.4) is 0 Å². The van der Waals surface area contributed by atoms with Gasteiger partial charge in [-0.2, -0.15) is 8.42 Å². The summed E-state index contributed by atoms with van der Waals surface area (Å²) in [7, 11) is -3.87. The van der Waals surface area contributed by atoms with Crippen LogP contribution in [0.4, 0.5) is 0 Å². The molecule has 3 rings (SSSR count). The first kappa shape index (κ1) is 20.6. The first-order valence-electron chi connectivity index (χ1n) is 9.29. The summed E-state index contributed by atoms with van der Waals surface area (Å²) < 4.78 is 29.9. The van der Waals surface area contributed by atoms with Gasteiger partial charge in [-0.05, 0) is 62.2 Å². The van der Waals surface area contributed by atoms with Crippen LogP contribution in [0, 0.1) is 6.92 Å². The zero-order valence-electron chi connectivity index (χ0n) is 16.3. The third-order valence-electron chi connectivity index (χ3n) is 4.39. The summed E-state index contributed by atoms with van der Waals surface area (Å²) in [6.45, 7) is 3.81. The molecule has 1 amide bonds. The average molecular weight is 410 g/mol. The van der Waals surface area contributed by atoms with Crippen LogP contribution in [0.15, 0.2) is 83.8 Å². The van der Waals surface area contributed by atoms with Crippen molar-refractivity contribution in [3.05, 3.63) is 95.6 Å². The van der Waals surface area contributed by atoms with Crippen molar-refractivity contribution in [3.8, 4) is 5.75 Å². The Hall–Kier alpha value is -3.12. The molecule has 0 aliphatic carbocycles. The van der Waals surface area contributed by atoms with Gasteiger partial charge in [0.05, 0.1) is 0 Å². The fourth-order valence-corrected chi connectivity index (χ4v) is 3.79. The largest absolute Gasteiger partial charge is 0.379 e. The number of carbonyl (C=O) groups excluding carboxylic acids is 1.